The van der Waals surface area contributed by atoms with Crippen molar-refractivity contribution in [2.75, 3.05) is 4.81 Å². The number of rotatable bonds is 1. The van der Waals surface area contributed by atoms with Crippen LogP contribution >= 0.6 is 11.3 Å². The maximum absolute atomic E-state index is 7.16. The number of nitrogens with zero attached hydrogens (tertiary/aromatic N) is 2. The largest absolute Gasteiger partial charge is 0.455 e. The van der Waals surface area contributed by atoms with Crippen LogP contribution in [0.3, 0.4) is 0 Å². The minimum absolute atomic E-state index is 0.0614. The highest BCUT2D eigenvalue weighted by Gasteiger charge is 2.47. The number of aromatic nitrogens is 1. The minimum Gasteiger partial charge on any atom is -0.455 e. The van der Waals surface area contributed by atoms with E-state index >= 15 is 0 Å². The molecule has 11 aromatic rings. The summed E-state index contributed by atoms with van der Waals surface area (Å²) in [7, 11) is 0. The molecule has 3 nitrogen and oxygen atoms in total. The summed E-state index contributed by atoms with van der Waals surface area (Å²) in [5, 5.41) is 10.0. The normalized spacial score (nSPS) is 16.1. The SMILES string of the molecule is Cc1cc2c(cc1N1B3c4c(cc5c(oc6ccccc65)c4-c4c1ccc1c4sc4ccccc41)-n1c4cc5ccccc5cc4c4cccc3c41)C(C)(C)CCC2(C)C. The molecule has 0 radical (unpaired) electrons. The average Bonchev–Trinajstić information content (AvgIpc) is 3.93. The van der Waals surface area contributed by atoms with Crippen LogP contribution in [0.1, 0.15) is 57.2 Å². The fraction of sp³-hybridized carbons (Fsp3) is 0.164. The molecule has 3 aromatic heterocycles. The first kappa shape index (κ1) is 33.5. The van der Waals surface area contributed by atoms with Gasteiger partial charge in [0.05, 0.1) is 11.0 Å². The van der Waals surface area contributed by atoms with Crippen molar-refractivity contribution in [3.05, 3.63) is 150 Å². The number of para-hydroxylation sites is 2. The Morgan fingerprint density at radius 1 is 0.583 bits per heavy atom. The molecule has 0 N–H and O–H groups in total. The van der Waals surface area contributed by atoms with Gasteiger partial charge in [-0.1, -0.05) is 119 Å². The first-order valence-electron chi connectivity index (χ1n) is 21.5. The predicted octanol–water partition coefficient (Wildman–Crippen LogP) is 14.1. The number of fused-ring (bicyclic) bond motifs is 17. The van der Waals surface area contributed by atoms with Crippen molar-refractivity contribution in [2.45, 2.75) is 58.3 Å². The first-order valence-corrected chi connectivity index (χ1v) is 22.3. The molecule has 0 bridgehead atoms. The molecule has 8 aromatic carbocycles. The standard InChI is InChI=1S/C55H41BN2OS/c1-30-25-39-40(55(4,5)24-23-54(39,2)3)29-43(30)58-42-22-21-36-34-16-9-11-20-47(34)60-53(36)48(42)49-50-45(28-38-33-15-8-10-19-46(33)59-52(38)49)57-44-27-32-14-7-6-13-31(32)26-37(44)35-17-12-18-41(51(35)57)56(50)58/h6-22,25-29H,23-24H2,1-5H3. The Hall–Kier alpha value is -6.30. The molecule has 3 aliphatic rings. The highest BCUT2D eigenvalue weighted by Crippen LogP contribution is 2.55. The lowest BCUT2D eigenvalue weighted by atomic mass is 9.43. The van der Waals surface area contributed by atoms with Crippen molar-refractivity contribution in [3.8, 4) is 16.8 Å². The van der Waals surface area contributed by atoms with Crippen LogP contribution in [0.2, 0.25) is 0 Å². The van der Waals surface area contributed by atoms with E-state index in [0.29, 0.717) is 0 Å². The lowest BCUT2D eigenvalue weighted by molar-refractivity contribution is 0.332. The zero-order valence-corrected chi connectivity index (χ0v) is 35.2. The number of benzene rings is 8. The van der Waals surface area contributed by atoms with Crippen molar-refractivity contribution in [1.82, 2.24) is 4.57 Å². The minimum atomic E-state index is -0.0988. The number of furan rings is 1. The average molecular weight is 789 g/mol. The molecule has 5 heteroatoms. The number of aryl methyl sites for hydroxylation is 1. The fourth-order valence-electron chi connectivity index (χ4n) is 11.8. The summed E-state index contributed by atoms with van der Waals surface area (Å²) in [6.45, 7) is 12.1. The Kier molecular flexibility index (Phi) is 6.20. The van der Waals surface area contributed by atoms with E-state index in [-0.39, 0.29) is 17.7 Å². The second-order valence-corrected chi connectivity index (χ2v) is 20.2. The molecule has 0 spiro atoms. The third-order valence-corrected chi connectivity index (χ3v) is 16.1. The number of hydrogen-bond acceptors (Lipinski definition) is 3. The van der Waals surface area contributed by atoms with E-state index in [1.807, 2.05) is 11.3 Å². The van der Waals surface area contributed by atoms with E-state index in [1.165, 1.54) is 127 Å². The summed E-state index contributed by atoms with van der Waals surface area (Å²) in [4.78, 5) is 2.75. The molecule has 2 aliphatic heterocycles. The lowest BCUT2D eigenvalue weighted by Gasteiger charge is -2.45. The lowest BCUT2D eigenvalue weighted by Crippen LogP contribution is -2.60. The Balaban J connectivity index is 1.22. The Morgan fingerprint density at radius 2 is 1.30 bits per heavy atom. The van der Waals surface area contributed by atoms with E-state index in [4.69, 9.17) is 4.42 Å². The fourth-order valence-corrected chi connectivity index (χ4v) is 13.1. The summed E-state index contributed by atoms with van der Waals surface area (Å²) >= 11 is 1.92. The summed E-state index contributed by atoms with van der Waals surface area (Å²) in [6.07, 6.45) is 2.36. The van der Waals surface area contributed by atoms with Crippen LogP contribution in [-0.4, -0.2) is 11.4 Å². The van der Waals surface area contributed by atoms with Crippen LogP contribution in [0.15, 0.2) is 138 Å². The molecule has 14 rings (SSSR count). The molecule has 0 amide bonds. The van der Waals surface area contributed by atoms with Gasteiger partial charge in [-0.05, 0) is 111 Å². The molecule has 286 valence electrons. The highest BCUT2D eigenvalue weighted by molar-refractivity contribution is 7.26. The van der Waals surface area contributed by atoms with Crippen LogP contribution in [-0.2, 0) is 10.8 Å². The molecule has 0 unspecified atom stereocenters. The molecule has 0 atom stereocenters. The Labute approximate surface area is 352 Å². The third kappa shape index (κ3) is 4.07. The summed E-state index contributed by atoms with van der Waals surface area (Å²) in [5.41, 5.74) is 17.9. The maximum atomic E-state index is 7.16. The van der Waals surface area contributed by atoms with Gasteiger partial charge < -0.3 is 13.8 Å². The van der Waals surface area contributed by atoms with Crippen LogP contribution < -0.4 is 15.7 Å². The van der Waals surface area contributed by atoms with Gasteiger partial charge in [0.1, 0.15) is 11.2 Å². The molecule has 0 saturated carbocycles. The first-order chi connectivity index (χ1) is 29.2. The van der Waals surface area contributed by atoms with Crippen LogP contribution in [0, 0.1) is 6.92 Å². The van der Waals surface area contributed by atoms with Gasteiger partial charge in [-0.15, -0.1) is 11.3 Å². The van der Waals surface area contributed by atoms with Gasteiger partial charge in [0.15, 0.2) is 0 Å². The van der Waals surface area contributed by atoms with Crippen LogP contribution in [0.4, 0.5) is 11.4 Å². The number of thiophene rings is 1. The molecular weight excluding hydrogens is 747 g/mol. The molecule has 0 fully saturated rings. The number of hydrogen-bond donors (Lipinski definition) is 0. The van der Waals surface area contributed by atoms with Crippen LogP contribution in [0.25, 0.3) is 91.5 Å². The molecule has 1 aliphatic carbocycles. The quantitative estimate of drug-likeness (QED) is 0.155. The smallest absolute Gasteiger partial charge is 0.333 e. The van der Waals surface area contributed by atoms with Gasteiger partial charge in [-0.3, -0.25) is 0 Å². The molecule has 5 heterocycles. The molecule has 60 heavy (non-hydrogen) atoms. The van der Waals surface area contributed by atoms with E-state index in [9.17, 15) is 0 Å². The van der Waals surface area contributed by atoms with Crippen molar-refractivity contribution >= 4 is 115 Å². The zero-order chi connectivity index (χ0) is 40.0. The Bertz CT molecular complexity index is 3770. The second kappa shape index (κ2) is 11.1. The van der Waals surface area contributed by atoms with E-state index in [0.717, 1.165) is 16.6 Å². The monoisotopic (exact) mass is 788 g/mol. The van der Waals surface area contributed by atoms with Gasteiger partial charge in [0.2, 0.25) is 0 Å². The van der Waals surface area contributed by atoms with E-state index in [2.05, 4.69) is 177 Å². The van der Waals surface area contributed by atoms with Crippen LogP contribution in [0.5, 0.6) is 0 Å². The second-order valence-electron chi connectivity index (χ2n) is 19.1. The van der Waals surface area contributed by atoms with Gasteiger partial charge in [-0.2, -0.15) is 0 Å². The summed E-state index contributed by atoms with van der Waals surface area (Å²) in [5.74, 6) is 0. The van der Waals surface area contributed by atoms with Crippen molar-refractivity contribution < 1.29 is 4.42 Å². The van der Waals surface area contributed by atoms with Gasteiger partial charge in [-0.25, -0.2) is 0 Å². The summed E-state index contributed by atoms with van der Waals surface area (Å²) < 4.78 is 12.4. The van der Waals surface area contributed by atoms with Crippen molar-refractivity contribution in [3.63, 3.8) is 0 Å². The number of anilines is 2. The van der Waals surface area contributed by atoms with E-state index < -0.39 is 0 Å². The predicted molar refractivity (Wildman–Crippen MR) is 258 cm³/mol. The van der Waals surface area contributed by atoms with Gasteiger partial charge in [0.25, 0.3) is 0 Å². The molecular formula is C55H41BN2OS. The third-order valence-electron chi connectivity index (χ3n) is 14.9. The maximum Gasteiger partial charge on any atom is 0.333 e. The van der Waals surface area contributed by atoms with Gasteiger partial charge >= 0.3 is 6.85 Å². The zero-order valence-electron chi connectivity index (χ0n) is 34.4. The Morgan fingerprint density at radius 3 is 2.13 bits per heavy atom. The van der Waals surface area contributed by atoms with Crippen molar-refractivity contribution in [1.29, 1.82) is 0 Å². The van der Waals surface area contributed by atoms with E-state index in [1.54, 1.807) is 0 Å². The van der Waals surface area contributed by atoms with Gasteiger partial charge in [0, 0.05) is 69.9 Å². The molecule has 0 saturated heterocycles. The topological polar surface area (TPSA) is 21.3 Å². The van der Waals surface area contributed by atoms with Crippen molar-refractivity contribution in [2.24, 2.45) is 0 Å². The summed E-state index contributed by atoms with van der Waals surface area (Å²) in [6, 6.07) is 50.8. The highest BCUT2D eigenvalue weighted by atomic mass is 32.1.